The van der Waals surface area contributed by atoms with Gasteiger partial charge in [0.05, 0.1) is 5.92 Å². The van der Waals surface area contributed by atoms with Crippen molar-refractivity contribution in [2.45, 2.75) is 45.3 Å². The fourth-order valence-electron chi connectivity index (χ4n) is 2.61. The number of anilines is 1. The Labute approximate surface area is 123 Å². The average molecular weight is 301 g/mol. The molecule has 0 unspecified atom stereocenters. The Morgan fingerprint density at radius 3 is 2.38 bits per heavy atom. The molecule has 118 valence electrons. The van der Waals surface area contributed by atoms with E-state index in [4.69, 9.17) is 5.73 Å². The van der Waals surface area contributed by atoms with Crippen LogP contribution in [0.5, 0.6) is 0 Å². The van der Waals surface area contributed by atoms with Crippen molar-refractivity contribution in [3.05, 3.63) is 23.4 Å². The normalized spacial score (nSPS) is 17.6. The van der Waals surface area contributed by atoms with E-state index in [2.05, 4.69) is 4.98 Å². The number of piperidine rings is 1. The molecular formula is C15H22F3N3. The van der Waals surface area contributed by atoms with E-state index in [1.165, 1.54) is 0 Å². The van der Waals surface area contributed by atoms with E-state index in [1.807, 2.05) is 30.9 Å². The fourth-order valence-corrected chi connectivity index (χ4v) is 2.61. The third-order valence-electron chi connectivity index (χ3n) is 4.00. The van der Waals surface area contributed by atoms with Crippen LogP contribution in [-0.4, -0.2) is 24.2 Å². The molecular weight excluding hydrogens is 279 g/mol. The van der Waals surface area contributed by atoms with Gasteiger partial charge in [-0.2, -0.15) is 13.2 Å². The molecule has 3 nitrogen and oxygen atoms in total. The molecule has 0 saturated carbocycles. The van der Waals surface area contributed by atoms with Crippen LogP contribution in [0.3, 0.4) is 0 Å². The molecule has 2 rings (SSSR count). The van der Waals surface area contributed by atoms with Gasteiger partial charge in [-0.15, -0.1) is 0 Å². The molecule has 1 aliphatic rings. The molecule has 0 aromatic carbocycles. The summed E-state index contributed by atoms with van der Waals surface area (Å²) in [6.45, 7) is 5.28. The van der Waals surface area contributed by atoms with Gasteiger partial charge < -0.3 is 10.6 Å². The highest BCUT2D eigenvalue weighted by molar-refractivity contribution is 5.43. The quantitative estimate of drug-likeness (QED) is 0.930. The van der Waals surface area contributed by atoms with Crippen LogP contribution in [0.1, 0.15) is 43.9 Å². The molecule has 1 aromatic heterocycles. The number of aromatic nitrogens is 1. The topological polar surface area (TPSA) is 42.1 Å². The number of pyridine rings is 1. The van der Waals surface area contributed by atoms with E-state index in [-0.39, 0.29) is 18.8 Å². The van der Waals surface area contributed by atoms with Crippen molar-refractivity contribution in [3.8, 4) is 0 Å². The van der Waals surface area contributed by atoms with Crippen LogP contribution in [0.2, 0.25) is 0 Å². The first kappa shape index (κ1) is 16.1. The Hall–Kier alpha value is -1.30. The van der Waals surface area contributed by atoms with Gasteiger partial charge in [0.15, 0.2) is 0 Å². The zero-order valence-corrected chi connectivity index (χ0v) is 12.5. The van der Waals surface area contributed by atoms with E-state index in [9.17, 15) is 13.2 Å². The maximum Gasteiger partial charge on any atom is 0.391 e. The van der Waals surface area contributed by atoms with Crippen molar-refractivity contribution in [1.29, 1.82) is 0 Å². The van der Waals surface area contributed by atoms with Gasteiger partial charge in [0.2, 0.25) is 0 Å². The van der Waals surface area contributed by atoms with Crippen LogP contribution in [0.4, 0.5) is 19.0 Å². The van der Waals surface area contributed by atoms with Crippen molar-refractivity contribution >= 4 is 5.82 Å². The van der Waals surface area contributed by atoms with Gasteiger partial charge in [0, 0.05) is 25.3 Å². The molecule has 1 fully saturated rings. The first-order valence-electron chi connectivity index (χ1n) is 7.34. The van der Waals surface area contributed by atoms with Crippen molar-refractivity contribution < 1.29 is 13.2 Å². The minimum Gasteiger partial charge on any atom is -0.357 e. The molecule has 1 saturated heterocycles. The van der Waals surface area contributed by atoms with Crippen molar-refractivity contribution in [2.75, 3.05) is 18.0 Å². The first-order valence-corrected chi connectivity index (χ1v) is 7.34. The van der Waals surface area contributed by atoms with E-state index in [0.717, 1.165) is 17.1 Å². The standard InChI is InChI=1S/C15H22F3N3/c1-10(2)13-7-11(9-19)8-14(20-13)21-5-3-12(4-6-21)15(16,17)18/h7-8,10,12H,3-6,9,19H2,1-2H3. The Bertz CT molecular complexity index is 478. The van der Waals surface area contributed by atoms with E-state index < -0.39 is 12.1 Å². The summed E-state index contributed by atoms with van der Waals surface area (Å²) in [6, 6.07) is 3.86. The van der Waals surface area contributed by atoms with Gasteiger partial charge in [-0.1, -0.05) is 13.8 Å². The number of halogens is 3. The van der Waals surface area contributed by atoms with Crippen molar-refractivity contribution in [2.24, 2.45) is 11.7 Å². The molecule has 2 N–H and O–H groups in total. The molecule has 1 aromatic rings. The monoisotopic (exact) mass is 301 g/mol. The summed E-state index contributed by atoms with van der Waals surface area (Å²) in [4.78, 5) is 6.52. The zero-order chi connectivity index (χ0) is 15.6. The second-order valence-corrected chi connectivity index (χ2v) is 5.92. The largest absolute Gasteiger partial charge is 0.391 e. The molecule has 6 heteroatoms. The summed E-state index contributed by atoms with van der Waals surface area (Å²) in [5, 5.41) is 0. The lowest BCUT2D eigenvalue weighted by Gasteiger charge is -2.34. The van der Waals surface area contributed by atoms with Gasteiger partial charge in [-0.25, -0.2) is 4.98 Å². The Morgan fingerprint density at radius 1 is 1.29 bits per heavy atom. The summed E-state index contributed by atoms with van der Waals surface area (Å²) in [5.41, 5.74) is 7.61. The fraction of sp³-hybridized carbons (Fsp3) is 0.667. The molecule has 2 heterocycles. The van der Waals surface area contributed by atoms with Gasteiger partial charge >= 0.3 is 6.18 Å². The second kappa shape index (κ2) is 6.22. The lowest BCUT2D eigenvalue weighted by atomic mass is 9.96. The molecule has 1 aliphatic heterocycles. The third kappa shape index (κ3) is 3.87. The van der Waals surface area contributed by atoms with Crippen LogP contribution >= 0.6 is 0 Å². The molecule has 0 aliphatic carbocycles. The number of alkyl halides is 3. The van der Waals surface area contributed by atoms with Crippen molar-refractivity contribution in [1.82, 2.24) is 4.98 Å². The lowest BCUT2D eigenvalue weighted by Crippen LogP contribution is -2.39. The van der Waals surface area contributed by atoms with Crippen LogP contribution in [0.25, 0.3) is 0 Å². The Morgan fingerprint density at radius 2 is 1.90 bits per heavy atom. The summed E-state index contributed by atoms with van der Waals surface area (Å²) in [5.74, 6) is -0.166. The number of nitrogens with zero attached hydrogens (tertiary/aromatic N) is 2. The number of hydrogen-bond donors (Lipinski definition) is 1. The van der Waals surface area contributed by atoms with Gasteiger partial charge in [0.25, 0.3) is 0 Å². The lowest BCUT2D eigenvalue weighted by molar-refractivity contribution is -0.179. The molecule has 0 spiro atoms. The van der Waals surface area contributed by atoms with Gasteiger partial charge in [0.1, 0.15) is 5.82 Å². The highest BCUT2D eigenvalue weighted by Crippen LogP contribution is 2.35. The molecule has 0 atom stereocenters. The predicted octanol–water partition coefficient (Wildman–Crippen LogP) is 3.44. The Balaban J connectivity index is 2.14. The summed E-state index contributed by atoms with van der Waals surface area (Å²) in [6.07, 6.45) is -3.81. The average Bonchev–Trinajstić information content (AvgIpc) is 2.46. The SMILES string of the molecule is CC(C)c1cc(CN)cc(N2CCC(C(F)(F)F)CC2)n1. The predicted molar refractivity (Wildman–Crippen MR) is 77.2 cm³/mol. The van der Waals surface area contributed by atoms with Gasteiger partial charge in [-0.05, 0) is 36.5 Å². The summed E-state index contributed by atoms with van der Waals surface area (Å²) >= 11 is 0. The highest BCUT2D eigenvalue weighted by atomic mass is 19.4. The maximum atomic E-state index is 12.7. The van der Waals surface area contributed by atoms with Crippen molar-refractivity contribution in [3.63, 3.8) is 0 Å². The number of hydrogen-bond acceptors (Lipinski definition) is 3. The first-order chi connectivity index (χ1) is 9.81. The molecule has 0 amide bonds. The van der Waals surface area contributed by atoms with E-state index >= 15 is 0 Å². The minimum absolute atomic E-state index is 0.134. The number of rotatable bonds is 3. The van der Waals surface area contributed by atoms with Gasteiger partial charge in [-0.3, -0.25) is 0 Å². The smallest absolute Gasteiger partial charge is 0.357 e. The summed E-state index contributed by atoms with van der Waals surface area (Å²) in [7, 11) is 0. The molecule has 21 heavy (non-hydrogen) atoms. The number of nitrogens with two attached hydrogens (primary N) is 1. The highest BCUT2D eigenvalue weighted by Gasteiger charge is 2.41. The molecule has 0 radical (unpaired) electrons. The van der Waals surface area contributed by atoms with E-state index in [0.29, 0.717) is 19.6 Å². The van der Waals surface area contributed by atoms with Crippen LogP contribution in [-0.2, 0) is 6.54 Å². The minimum atomic E-state index is -4.08. The Kier molecular flexibility index (Phi) is 4.76. The second-order valence-electron chi connectivity index (χ2n) is 5.92. The molecule has 0 bridgehead atoms. The van der Waals surface area contributed by atoms with E-state index in [1.54, 1.807) is 0 Å². The van der Waals surface area contributed by atoms with Crippen LogP contribution in [0.15, 0.2) is 12.1 Å². The zero-order valence-electron chi connectivity index (χ0n) is 12.5. The maximum absolute atomic E-state index is 12.7. The summed E-state index contributed by atoms with van der Waals surface area (Å²) < 4.78 is 38.1. The third-order valence-corrected chi connectivity index (χ3v) is 4.00. The van der Waals surface area contributed by atoms with Crippen LogP contribution < -0.4 is 10.6 Å². The van der Waals surface area contributed by atoms with Crippen LogP contribution in [0, 0.1) is 5.92 Å².